The van der Waals surface area contributed by atoms with Crippen LogP contribution in [0.1, 0.15) is 10.4 Å². The maximum Gasteiger partial charge on any atom is 0.335 e. The van der Waals surface area contributed by atoms with Crippen molar-refractivity contribution < 1.29 is 19.4 Å². The second kappa shape index (κ2) is 7.36. The molecule has 0 aliphatic heterocycles. The number of amides is 1. The lowest BCUT2D eigenvalue weighted by molar-refractivity contribution is -0.118. The lowest BCUT2D eigenvalue weighted by atomic mass is 10.1. The molecule has 0 radical (unpaired) electrons. The molecule has 0 heterocycles. The van der Waals surface area contributed by atoms with Crippen molar-refractivity contribution in [1.29, 1.82) is 0 Å². The zero-order valence-electron chi connectivity index (χ0n) is 13.0. The molecule has 0 atom stereocenters. The number of fused-ring (bicyclic) bond motifs is 1. The smallest absolute Gasteiger partial charge is 0.335 e. The molecule has 0 bridgehead atoms. The highest BCUT2D eigenvalue weighted by molar-refractivity contribution is 9.10. The van der Waals surface area contributed by atoms with Gasteiger partial charge in [-0.25, -0.2) is 4.79 Å². The first-order valence-electron chi connectivity index (χ1n) is 7.48. The molecular weight excluding hydrogens is 386 g/mol. The van der Waals surface area contributed by atoms with Crippen molar-refractivity contribution in [2.24, 2.45) is 0 Å². The Bertz CT molecular complexity index is 955. The summed E-state index contributed by atoms with van der Waals surface area (Å²) in [6.07, 6.45) is 0. The molecule has 5 nitrogen and oxygen atoms in total. The van der Waals surface area contributed by atoms with Gasteiger partial charge >= 0.3 is 5.97 Å². The van der Waals surface area contributed by atoms with Crippen LogP contribution < -0.4 is 10.1 Å². The Morgan fingerprint density at radius 2 is 1.84 bits per heavy atom. The third-order valence-electron chi connectivity index (χ3n) is 3.58. The van der Waals surface area contributed by atoms with Crippen molar-refractivity contribution in [3.8, 4) is 5.75 Å². The van der Waals surface area contributed by atoms with Gasteiger partial charge in [0, 0.05) is 5.69 Å². The molecule has 6 heteroatoms. The maximum absolute atomic E-state index is 12.0. The zero-order chi connectivity index (χ0) is 17.8. The van der Waals surface area contributed by atoms with Gasteiger partial charge in [-0.05, 0) is 51.0 Å². The number of carbonyl (C=O) groups excluding carboxylic acids is 1. The van der Waals surface area contributed by atoms with Gasteiger partial charge in [0.05, 0.1) is 10.0 Å². The van der Waals surface area contributed by atoms with Crippen molar-refractivity contribution in [3.05, 3.63) is 70.7 Å². The number of carboxylic acid groups (broad SMARTS) is 1. The van der Waals surface area contributed by atoms with Crippen molar-refractivity contribution in [3.63, 3.8) is 0 Å². The van der Waals surface area contributed by atoms with Crippen LogP contribution in [0.3, 0.4) is 0 Å². The number of benzene rings is 3. The van der Waals surface area contributed by atoms with Gasteiger partial charge in [0.2, 0.25) is 0 Å². The Morgan fingerprint density at radius 3 is 2.64 bits per heavy atom. The van der Waals surface area contributed by atoms with Crippen LogP contribution in [0.25, 0.3) is 10.8 Å². The number of halogens is 1. The first kappa shape index (κ1) is 17.0. The molecule has 0 aliphatic carbocycles. The fraction of sp³-hybridized carbons (Fsp3) is 0.0526. The predicted molar refractivity (Wildman–Crippen MR) is 99.2 cm³/mol. The third-order valence-corrected chi connectivity index (χ3v) is 4.40. The van der Waals surface area contributed by atoms with Crippen molar-refractivity contribution in [1.82, 2.24) is 0 Å². The fourth-order valence-corrected chi connectivity index (χ4v) is 3.00. The van der Waals surface area contributed by atoms with Crippen molar-refractivity contribution in [2.45, 2.75) is 0 Å². The Balaban J connectivity index is 1.67. The third kappa shape index (κ3) is 3.97. The van der Waals surface area contributed by atoms with Crippen LogP contribution >= 0.6 is 15.9 Å². The number of carbonyl (C=O) groups is 2. The van der Waals surface area contributed by atoms with Gasteiger partial charge in [-0.3, -0.25) is 4.79 Å². The quantitative estimate of drug-likeness (QED) is 0.669. The number of hydrogen-bond donors (Lipinski definition) is 2. The van der Waals surface area contributed by atoms with E-state index in [0.717, 1.165) is 15.2 Å². The molecule has 2 N–H and O–H groups in total. The Labute approximate surface area is 152 Å². The average molecular weight is 400 g/mol. The van der Waals surface area contributed by atoms with Gasteiger partial charge in [0.25, 0.3) is 5.91 Å². The molecular formula is C19H14BrNO4. The van der Waals surface area contributed by atoms with Gasteiger partial charge < -0.3 is 15.2 Å². The monoisotopic (exact) mass is 399 g/mol. The van der Waals surface area contributed by atoms with Crippen LogP contribution in [0.2, 0.25) is 0 Å². The highest BCUT2D eigenvalue weighted by Gasteiger charge is 2.10. The number of nitrogens with one attached hydrogen (secondary N) is 1. The molecule has 0 aromatic heterocycles. The van der Waals surface area contributed by atoms with Crippen LogP contribution in [0.5, 0.6) is 5.75 Å². The van der Waals surface area contributed by atoms with E-state index in [4.69, 9.17) is 9.84 Å². The van der Waals surface area contributed by atoms with E-state index >= 15 is 0 Å². The maximum atomic E-state index is 12.0. The molecule has 25 heavy (non-hydrogen) atoms. The van der Waals surface area contributed by atoms with Gasteiger partial charge in [0.1, 0.15) is 5.75 Å². The van der Waals surface area contributed by atoms with Gasteiger partial charge in [-0.2, -0.15) is 0 Å². The van der Waals surface area contributed by atoms with Crippen LogP contribution in [-0.2, 0) is 4.79 Å². The second-order valence-corrected chi connectivity index (χ2v) is 6.11. The summed E-state index contributed by atoms with van der Waals surface area (Å²) in [7, 11) is 0. The largest absolute Gasteiger partial charge is 0.483 e. The Hall–Kier alpha value is -2.86. The minimum Gasteiger partial charge on any atom is -0.483 e. The van der Waals surface area contributed by atoms with Crippen molar-refractivity contribution >= 4 is 44.3 Å². The summed E-state index contributed by atoms with van der Waals surface area (Å²) < 4.78 is 6.36. The molecule has 0 unspecified atom stereocenters. The van der Waals surface area contributed by atoms with Gasteiger partial charge in [-0.15, -0.1) is 0 Å². The standard InChI is InChI=1S/C19H14BrNO4/c20-18-15-7-2-1-4-12(15)8-9-16(18)25-11-17(22)21-14-6-3-5-13(10-14)19(23)24/h1-10H,11H2,(H,21,22)(H,23,24). The van der Waals surface area contributed by atoms with Crippen LogP contribution in [-0.4, -0.2) is 23.6 Å². The minimum absolute atomic E-state index is 0.107. The number of hydrogen-bond acceptors (Lipinski definition) is 3. The minimum atomic E-state index is -1.05. The average Bonchev–Trinajstić information content (AvgIpc) is 2.61. The lowest BCUT2D eigenvalue weighted by Gasteiger charge is -2.11. The van der Waals surface area contributed by atoms with E-state index in [9.17, 15) is 9.59 Å². The van der Waals surface area contributed by atoms with E-state index in [-0.39, 0.29) is 18.1 Å². The second-order valence-electron chi connectivity index (χ2n) is 5.32. The van der Waals surface area contributed by atoms with Crippen LogP contribution in [0.4, 0.5) is 5.69 Å². The van der Waals surface area contributed by atoms with Crippen LogP contribution in [0.15, 0.2) is 65.1 Å². The normalized spacial score (nSPS) is 10.4. The summed E-state index contributed by atoms with van der Waals surface area (Å²) in [5.41, 5.74) is 0.516. The summed E-state index contributed by atoms with van der Waals surface area (Å²) in [5, 5.41) is 13.7. The Kier molecular flexibility index (Phi) is 5.00. The number of carboxylic acids is 1. The number of anilines is 1. The highest BCUT2D eigenvalue weighted by Crippen LogP contribution is 2.32. The van der Waals surface area contributed by atoms with Crippen LogP contribution in [0, 0.1) is 0 Å². The number of rotatable bonds is 5. The molecule has 0 aliphatic rings. The molecule has 1 amide bonds. The molecule has 0 fully saturated rings. The topological polar surface area (TPSA) is 75.6 Å². The van der Waals surface area contributed by atoms with E-state index in [2.05, 4.69) is 21.2 Å². The first-order chi connectivity index (χ1) is 12.0. The summed E-state index contributed by atoms with van der Waals surface area (Å²) in [6, 6.07) is 17.6. The van der Waals surface area contributed by atoms with Crippen molar-refractivity contribution in [2.75, 3.05) is 11.9 Å². The Morgan fingerprint density at radius 1 is 1.04 bits per heavy atom. The summed E-state index contributed by atoms with van der Waals surface area (Å²) in [4.78, 5) is 23.0. The SMILES string of the molecule is O=C(COc1ccc2ccccc2c1Br)Nc1cccc(C(=O)O)c1. The molecule has 0 spiro atoms. The first-order valence-corrected chi connectivity index (χ1v) is 8.27. The molecule has 3 aromatic carbocycles. The van der Waals surface area contributed by atoms with E-state index in [0.29, 0.717) is 11.4 Å². The fourth-order valence-electron chi connectivity index (χ4n) is 2.40. The van der Waals surface area contributed by atoms with E-state index < -0.39 is 5.97 Å². The molecule has 0 saturated carbocycles. The molecule has 0 saturated heterocycles. The van der Waals surface area contributed by atoms with E-state index in [1.807, 2.05) is 30.3 Å². The number of ether oxygens (including phenoxy) is 1. The lowest BCUT2D eigenvalue weighted by Crippen LogP contribution is -2.20. The van der Waals surface area contributed by atoms with E-state index in [1.165, 1.54) is 12.1 Å². The summed E-state index contributed by atoms with van der Waals surface area (Å²) in [5.74, 6) is -0.858. The predicted octanol–water partition coefficient (Wildman–Crippen LogP) is 4.32. The molecule has 3 aromatic rings. The summed E-state index contributed by atoms with van der Waals surface area (Å²) in [6.45, 7) is -0.186. The molecule has 3 rings (SSSR count). The van der Waals surface area contributed by atoms with Gasteiger partial charge in [-0.1, -0.05) is 36.4 Å². The zero-order valence-corrected chi connectivity index (χ0v) is 14.6. The van der Waals surface area contributed by atoms with Gasteiger partial charge in [0.15, 0.2) is 6.61 Å². The van der Waals surface area contributed by atoms with E-state index in [1.54, 1.807) is 18.2 Å². The summed E-state index contributed by atoms with van der Waals surface area (Å²) >= 11 is 3.50. The highest BCUT2D eigenvalue weighted by atomic mass is 79.9. The molecule has 126 valence electrons. The number of aromatic carboxylic acids is 1.